The van der Waals surface area contributed by atoms with Gasteiger partial charge in [0, 0.05) is 13.1 Å². The van der Waals surface area contributed by atoms with E-state index in [1.165, 1.54) is 89.9 Å². The fraction of sp³-hybridized carbons (Fsp3) is 0.947. The van der Waals surface area contributed by atoms with Crippen molar-refractivity contribution < 1.29 is 51.4 Å². The Morgan fingerprint density at radius 3 is 1.26 bits per heavy atom. The molecule has 0 amide bonds. The molecule has 0 bridgehead atoms. The molecule has 0 N–H and O–H groups in total. The Balaban J connectivity index is 0. The average molecular weight is 384 g/mol. The summed E-state index contributed by atoms with van der Waals surface area (Å²) in [5.41, 5.74) is 0. The normalized spacial score (nSPS) is 10.3. The molecule has 23 heavy (non-hydrogen) atoms. The maximum atomic E-state index is 5.23. The fourth-order valence-corrected chi connectivity index (χ4v) is 3.18. The van der Waals surface area contributed by atoms with Crippen molar-refractivity contribution in [3.05, 3.63) is 0 Å². The Labute approximate surface area is 200 Å². The van der Waals surface area contributed by atoms with Crippen molar-refractivity contribution in [2.75, 3.05) is 13.1 Å². The molecule has 0 aliphatic carbocycles. The average Bonchev–Trinajstić information content (AvgIpc) is 2.50. The third-order valence-corrected chi connectivity index (χ3v) is 4.84. The van der Waals surface area contributed by atoms with Crippen molar-refractivity contribution in [1.29, 1.82) is 0 Å². The molecule has 0 atom stereocenters. The summed E-state index contributed by atoms with van der Waals surface area (Å²) >= 11 is 10.5. The van der Waals surface area contributed by atoms with E-state index in [9.17, 15) is 0 Å². The second kappa shape index (κ2) is 21.8. The minimum Gasteiger partial charge on any atom is -0.411 e. The number of hydrogen-bond acceptors (Lipinski definition) is 2. The van der Waals surface area contributed by atoms with Crippen LogP contribution in [0.4, 0.5) is 0 Å². The molecule has 1 nitrogen and oxygen atoms in total. The number of unbranched alkanes of at least 4 members (excludes halogenated alkanes) is 12. The molecule has 0 spiro atoms. The molecule has 0 saturated heterocycles. The van der Waals surface area contributed by atoms with Crippen LogP contribution < -0.4 is 51.4 Å². The van der Waals surface area contributed by atoms with Gasteiger partial charge in [0.25, 0.3) is 0 Å². The summed E-state index contributed by atoms with van der Waals surface area (Å²) in [7, 11) is 0. The Bertz CT molecular complexity index is 232. The van der Waals surface area contributed by atoms with E-state index in [0.29, 0.717) is 4.32 Å². The van der Waals surface area contributed by atoms with Crippen LogP contribution in [0.3, 0.4) is 0 Å². The van der Waals surface area contributed by atoms with Crippen LogP contribution in [0.15, 0.2) is 0 Å². The standard InChI is InChI=1S/C19H39NS2.K/c1-3-5-7-9-11-13-15-17-20(19(21)22)18-16-14-12-10-8-6-4-2;/h3-18H2,1-2H3,(H,21,22);/q;+1/p-1. The summed E-state index contributed by atoms with van der Waals surface area (Å²) in [6.07, 6.45) is 18.9. The molecule has 0 fully saturated rings. The van der Waals surface area contributed by atoms with Crippen LogP contribution in [0.25, 0.3) is 0 Å². The summed E-state index contributed by atoms with van der Waals surface area (Å²) in [5.74, 6) is 0. The number of hydrogen-bond donors (Lipinski definition) is 0. The molecule has 0 aliphatic rings. The van der Waals surface area contributed by atoms with E-state index in [4.69, 9.17) is 24.8 Å². The van der Waals surface area contributed by atoms with Crippen LogP contribution in [0.5, 0.6) is 0 Å². The van der Waals surface area contributed by atoms with Crippen LogP contribution in [-0.4, -0.2) is 22.3 Å². The molecule has 0 aromatic carbocycles. The van der Waals surface area contributed by atoms with Gasteiger partial charge >= 0.3 is 51.4 Å². The first kappa shape index (κ1) is 27.0. The van der Waals surface area contributed by atoms with Gasteiger partial charge in [0.2, 0.25) is 0 Å². The second-order valence-corrected chi connectivity index (χ2v) is 7.53. The van der Waals surface area contributed by atoms with Crippen LogP contribution in [-0.2, 0) is 12.6 Å². The van der Waals surface area contributed by atoms with Gasteiger partial charge in [0.15, 0.2) is 0 Å². The van der Waals surface area contributed by atoms with Gasteiger partial charge in [-0.25, -0.2) is 0 Å². The van der Waals surface area contributed by atoms with Gasteiger partial charge in [-0.3, -0.25) is 0 Å². The zero-order valence-electron chi connectivity index (χ0n) is 16.1. The molecule has 0 radical (unpaired) electrons. The van der Waals surface area contributed by atoms with E-state index in [0.717, 1.165) is 13.1 Å². The number of nitrogens with zero attached hydrogens (tertiary/aromatic N) is 1. The topological polar surface area (TPSA) is 3.24 Å². The first-order valence-electron chi connectivity index (χ1n) is 9.68. The molecule has 0 aliphatic heterocycles. The third kappa shape index (κ3) is 19.9. The van der Waals surface area contributed by atoms with Crippen molar-refractivity contribution in [3.8, 4) is 0 Å². The van der Waals surface area contributed by atoms with E-state index < -0.39 is 0 Å². The predicted molar refractivity (Wildman–Crippen MR) is 108 cm³/mol. The minimum atomic E-state index is 0. The van der Waals surface area contributed by atoms with Crippen molar-refractivity contribution >= 4 is 29.2 Å². The molecule has 0 unspecified atom stereocenters. The Hall–Kier alpha value is 1.75. The Kier molecular flexibility index (Phi) is 25.5. The number of rotatable bonds is 16. The predicted octanol–water partition coefficient (Wildman–Crippen LogP) is 3.63. The van der Waals surface area contributed by atoms with Crippen molar-refractivity contribution in [2.24, 2.45) is 0 Å². The number of thiocarbonyl (C=S) groups is 1. The SMILES string of the molecule is CCCCCCCCCN(CCCCCCCCC)C(=S)[S-].[K+]. The minimum absolute atomic E-state index is 0. The van der Waals surface area contributed by atoms with E-state index >= 15 is 0 Å². The van der Waals surface area contributed by atoms with Gasteiger partial charge in [-0.05, 0) is 12.8 Å². The summed E-state index contributed by atoms with van der Waals surface area (Å²) in [4.78, 5) is 2.25. The van der Waals surface area contributed by atoms with Gasteiger partial charge in [0.05, 0.1) is 0 Å². The van der Waals surface area contributed by atoms with Crippen molar-refractivity contribution in [3.63, 3.8) is 0 Å². The summed E-state index contributed by atoms with van der Waals surface area (Å²) < 4.78 is 0.678. The smallest absolute Gasteiger partial charge is 0.411 e. The molecular formula is C19H38KNS2. The van der Waals surface area contributed by atoms with E-state index in [2.05, 4.69) is 18.7 Å². The quantitative estimate of drug-likeness (QED) is 0.173. The maximum absolute atomic E-state index is 5.23. The molecule has 4 heteroatoms. The molecule has 132 valence electrons. The third-order valence-electron chi connectivity index (χ3n) is 4.32. The monoisotopic (exact) mass is 383 g/mol. The molecule has 0 aromatic rings. The molecule has 0 rings (SSSR count). The van der Waals surface area contributed by atoms with Crippen LogP contribution in [0, 0.1) is 0 Å². The maximum Gasteiger partial charge on any atom is 1.00 e. The van der Waals surface area contributed by atoms with Crippen molar-refractivity contribution in [2.45, 2.75) is 104 Å². The second-order valence-electron chi connectivity index (χ2n) is 6.50. The molecule has 0 aromatic heterocycles. The van der Waals surface area contributed by atoms with E-state index in [-0.39, 0.29) is 51.4 Å². The van der Waals surface area contributed by atoms with Crippen LogP contribution >= 0.6 is 12.2 Å². The van der Waals surface area contributed by atoms with Crippen LogP contribution in [0.2, 0.25) is 0 Å². The zero-order chi connectivity index (χ0) is 16.5. The fourth-order valence-electron chi connectivity index (χ4n) is 2.81. The Morgan fingerprint density at radius 2 is 0.957 bits per heavy atom. The molecule has 0 saturated carbocycles. The Morgan fingerprint density at radius 1 is 0.652 bits per heavy atom. The van der Waals surface area contributed by atoms with Gasteiger partial charge < -0.3 is 29.7 Å². The van der Waals surface area contributed by atoms with Gasteiger partial charge in [0.1, 0.15) is 0 Å². The molecule has 0 heterocycles. The molecular weight excluding hydrogens is 345 g/mol. The largest absolute Gasteiger partial charge is 1.00 e. The van der Waals surface area contributed by atoms with Gasteiger partial charge in [-0.2, -0.15) is 0 Å². The summed E-state index contributed by atoms with van der Waals surface area (Å²) in [5, 5.41) is 0. The first-order valence-corrected chi connectivity index (χ1v) is 10.5. The van der Waals surface area contributed by atoms with Gasteiger partial charge in [-0.15, -0.1) is 0 Å². The summed E-state index contributed by atoms with van der Waals surface area (Å²) in [6, 6.07) is 0. The van der Waals surface area contributed by atoms with E-state index in [1.807, 2.05) is 0 Å². The first-order chi connectivity index (χ1) is 10.7. The van der Waals surface area contributed by atoms with Crippen LogP contribution in [0.1, 0.15) is 104 Å². The van der Waals surface area contributed by atoms with Gasteiger partial charge in [-0.1, -0.05) is 95.2 Å². The van der Waals surface area contributed by atoms with E-state index in [1.54, 1.807) is 0 Å². The summed E-state index contributed by atoms with van der Waals surface area (Å²) in [6.45, 7) is 6.69. The zero-order valence-corrected chi connectivity index (χ0v) is 20.8. The van der Waals surface area contributed by atoms with Crippen molar-refractivity contribution in [1.82, 2.24) is 4.90 Å².